The van der Waals surface area contributed by atoms with Gasteiger partial charge in [-0.15, -0.1) is 0 Å². The molecule has 1 saturated carbocycles. The molecule has 4 heterocycles. The minimum absolute atomic E-state index is 0.0599. The Labute approximate surface area is 403 Å². The number of piperidine rings is 1. The number of nitrogens with one attached hydrogen (secondary N) is 3. The summed E-state index contributed by atoms with van der Waals surface area (Å²) in [6, 6.07) is 20.9. The van der Waals surface area contributed by atoms with Crippen LogP contribution < -0.4 is 20.3 Å². The maximum Gasteiger partial charge on any atom is 0.328 e. The second-order valence-electron chi connectivity index (χ2n) is 18.7. The van der Waals surface area contributed by atoms with E-state index in [1.54, 1.807) is 25.1 Å². The molecule has 0 spiro atoms. The summed E-state index contributed by atoms with van der Waals surface area (Å²) in [6.07, 6.45) is 6.87. The van der Waals surface area contributed by atoms with Gasteiger partial charge in [-0.1, -0.05) is 30.3 Å². The standard InChI is InChI=1S/C53H55F2N7O8/c1-30-40(25-35(54)26-43(30)59-50(64)39-15-10-34(24-42(39)55)53(2,3)67)48-41-27-44(58-49(41)57-29-56-48)32-7-5-31(6-8-32)28-69-36-11-13-37(14-12-36)70-38-17-20-61(21-18-38)51(65)33-9-16-46(68-4)45(23-33)62-22-19-47(63)60-52(62)66/h5-10,15-16,23-27,29,36-38,67H,11-14,17-22,28H2,1-4H3,(H,59,64)(H,56,57,58)(H,60,63,66)/t36-,37-. The largest absolute Gasteiger partial charge is 0.495 e. The molecule has 17 heteroatoms. The molecule has 3 fully saturated rings. The van der Waals surface area contributed by atoms with E-state index in [2.05, 4.69) is 25.6 Å². The summed E-state index contributed by atoms with van der Waals surface area (Å²) in [5.74, 6) is -2.21. The van der Waals surface area contributed by atoms with Crippen LogP contribution in [0.3, 0.4) is 0 Å². The molecule has 4 aromatic carbocycles. The molecule has 1 aliphatic carbocycles. The second kappa shape index (κ2) is 20.1. The molecule has 9 rings (SSSR count). The van der Waals surface area contributed by atoms with Crippen LogP contribution in [0.15, 0.2) is 85.2 Å². The number of nitrogens with zero attached hydrogens (tertiary/aromatic N) is 4. The van der Waals surface area contributed by atoms with Gasteiger partial charge in [-0.2, -0.15) is 0 Å². The monoisotopic (exact) mass is 955 g/mol. The van der Waals surface area contributed by atoms with Gasteiger partial charge in [0.05, 0.1) is 54.6 Å². The first kappa shape index (κ1) is 48.0. The van der Waals surface area contributed by atoms with Gasteiger partial charge in [0.2, 0.25) is 5.91 Å². The summed E-state index contributed by atoms with van der Waals surface area (Å²) >= 11 is 0. The summed E-state index contributed by atoms with van der Waals surface area (Å²) in [5.41, 5.74) is 4.49. The van der Waals surface area contributed by atoms with Crippen molar-refractivity contribution in [1.29, 1.82) is 0 Å². The van der Waals surface area contributed by atoms with Crippen LogP contribution in [0.5, 0.6) is 5.75 Å². The highest BCUT2D eigenvalue weighted by Gasteiger charge is 2.31. The van der Waals surface area contributed by atoms with Crippen LogP contribution in [0.2, 0.25) is 0 Å². The quantitative estimate of drug-likeness (QED) is 0.0870. The number of hydrogen-bond donors (Lipinski definition) is 4. The molecule has 2 aromatic heterocycles. The topological polar surface area (TPSA) is 188 Å². The molecule has 5 amide bonds. The van der Waals surface area contributed by atoms with Gasteiger partial charge in [-0.25, -0.2) is 23.5 Å². The maximum absolute atomic E-state index is 15.2. The molecule has 0 unspecified atom stereocenters. The van der Waals surface area contributed by atoms with Crippen LogP contribution in [0.25, 0.3) is 33.5 Å². The molecule has 2 saturated heterocycles. The molecule has 0 atom stereocenters. The zero-order valence-corrected chi connectivity index (χ0v) is 39.4. The van der Waals surface area contributed by atoms with Gasteiger partial charge in [-0.05, 0) is 130 Å². The Bertz CT molecular complexity index is 2960. The number of hydrogen-bond acceptors (Lipinski definition) is 10. The number of aromatic nitrogens is 3. The Morgan fingerprint density at radius 1 is 0.871 bits per heavy atom. The van der Waals surface area contributed by atoms with E-state index in [1.165, 1.54) is 56.4 Å². The van der Waals surface area contributed by atoms with Crippen molar-refractivity contribution in [1.82, 2.24) is 25.2 Å². The molecule has 4 N–H and O–H groups in total. The number of aromatic amines is 1. The molecule has 0 bridgehead atoms. The summed E-state index contributed by atoms with van der Waals surface area (Å²) in [7, 11) is 1.50. The Kier molecular flexibility index (Phi) is 13.8. The number of ether oxygens (including phenoxy) is 3. The summed E-state index contributed by atoms with van der Waals surface area (Å²) < 4.78 is 48.6. The number of anilines is 2. The highest BCUT2D eigenvalue weighted by Crippen LogP contribution is 2.36. The molecule has 3 aliphatic rings. The van der Waals surface area contributed by atoms with Crippen LogP contribution in [-0.4, -0.2) is 93.8 Å². The minimum Gasteiger partial charge on any atom is -0.495 e. The highest BCUT2D eigenvalue weighted by atomic mass is 19.1. The van der Waals surface area contributed by atoms with E-state index in [-0.39, 0.29) is 54.3 Å². The van der Waals surface area contributed by atoms with Crippen molar-refractivity contribution in [2.24, 2.45) is 0 Å². The summed E-state index contributed by atoms with van der Waals surface area (Å²) in [6.45, 7) is 6.54. The van der Waals surface area contributed by atoms with Gasteiger partial charge in [0.1, 0.15) is 29.4 Å². The molecule has 2 aliphatic heterocycles. The second-order valence-corrected chi connectivity index (χ2v) is 18.7. The van der Waals surface area contributed by atoms with Gasteiger partial charge >= 0.3 is 6.03 Å². The number of aliphatic hydroxyl groups is 1. The van der Waals surface area contributed by atoms with Crippen molar-refractivity contribution in [3.8, 4) is 28.3 Å². The van der Waals surface area contributed by atoms with Crippen molar-refractivity contribution in [3.05, 3.63) is 125 Å². The van der Waals surface area contributed by atoms with E-state index in [0.29, 0.717) is 70.1 Å². The molecule has 364 valence electrons. The number of methoxy groups -OCH3 is 1. The minimum atomic E-state index is -1.30. The number of rotatable bonds is 13. The summed E-state index contributed by atoms with van der Waals surface area (Å²) in [5, 5.41) is 15.9. The SMILES string of the molecule is COc1ccc(C(=O)N2CCC(O[C@H]3CC[C@H](OCc4ccc(-c5cc6c(-c7cc(F)cc(NC(=O)c8ccc(C(C)(C)O)cc8F)c7C)ncnc6[nH]5)cc4)CC3)CC2)cc1N1CCC(=O)NC1=O. The van der Waals surface area contributed by atoms with E-state index >= 15 is 8.78 Å². The number of benzene rings is 4. The molecule has 0 radical (unpaired) electrons. The Morgan fingerprint density at radius 3 is 2.30 bits per heavy atom. The van der Waals surface area contributed by atoms with E-state index in [0.717, 1.165) is 61.4 Å². The number of fused-ring (bicyclic) bond motifs is 1. The number of carbonyl (C=O) groups excluding carboxylic acids is 4. The average molecular weight is 956 g/mol. The first-order valence-electron chi connectivity index (χ1n) is 23.5. The van der Waals surface area contributed by atoms with Crippen molar-refractivity contribution in [2.45, 2.75) is 96.2 Å². The van der Waals surface area contributed by atoms with E-state index in [9.17, 15) is 24.3 Å². The van der Waals surface area contributed by atoms with Gasteiger partial charge < -0.3 is 34.5 Å². The number of urea groups is 1. The van der Waals surface area contributed by atoms with Gasteiger partial charge in [0.15, 0.2) is 0 Å². The van der Waals surface area contributed by atoms with Crippen molar-refractivity contribution in [3.63, 3.8) is 0 Å². The fourth-order valence-electron chi connectivity index (χ4n) is 9.44. The van der Waals surface area contributed by atoms with Gasteiger partial charge in [0, 0.05) is 53.9 Å². The van der Waals surface area contributed by atoms with Gasteiger partial charge in [0.25, 0.3) is 11.8 Å². The number of imide groups is 1. The fraction of sp³-hybridized carbons (Fsp3) is 0.358. The lowest BCUT2D eigenvalue weighted by atomic mass is 9.94. The smallest absolute Gasteiger partial charge is 0.328 e. The van der Waals surface area contributed by atoms with E-state index in [1.807, 2.05) is 35.2 Å². The predicted molar refractivity (Wildman–Crippen MR) is 258 cm³/mol. The maximum atomic E-state index is 15.2. The lowest BCUT2D eigenvalue weighted by Crippen LogP contribution is -2.49. The molecular formula is C53H55F2N7O8. The van der Waals surface area contributed by atoms with E-state index in [4.69, 9.17) is 14.2 Å². The molecular weight excluding hydrogens is 901 g/mol. The van der Waals surface area contributed by atoms with Crippen molar-refractivity contribution in [2.75, 3.05) is 37.0 Å². The highest BCUT2D eigenvalue weighted by molar-refractivity contribution is 6.07. The summed E-state index contributed by atoms with van der Waals surface area (Å²) in [4.78, 5) is 66.6. The fourth-order valence-corrected chi connectivity index (χ4v) is 9.44. The van der Waals surface area contributed by atoms with Crippen LogP contribution in [0, 0.1) is 18.6 Å². The van der Waals surface area contributed by atoms with Crippen molar-refractivity contribution < 1.29 is 47.3 Å². The zero-order chi connectivity index (χ0) is 49.3. The third-order valence-corrected chi connectivity index (χ3v) is 13.5. The molecule has 6 aromatic rings. The predicted octanol–water partition coefficient (Wildman–Crippen LogP) is 8.96. The first-order valence-corrected chi connectivity index (χ1v) is 23.5. The lowest BCUT2D eigenvalue weighted by Gasteiger charge is -2.36. The number of halogens is 2. The lowest BCUT2D eigenvalue weighted by molar-refractivity contribution is -0.120. The molecule has 15 nitrogen and oxygen atoms in total. The van der Waals surface area contributed by atoms with Gasteiger partial charge in [-0.3, -0.25) is 24.6 Å². The normalized spacial score (nSPS) is 18.0. The Hall–Kier alpha value is -7.08. The van der Waals surface area contributed by atoms with E-state index < -0.39 is 29.2 Å². The third kappa shape index (κ3) is 10.4. The first-order chi connectivity index (χ1) is 33.6. The number of likely N-dealkylation sites (tertiary alicyclic amines) is 1. The zero-order valence-electron chi connectivity index (χ0n) is 39.4. The third-order valence-electron chi connectivity index (χ3n) is 13.5. The van der Waals surface area contributed by atoms with Crippen molar-refractivity contribution >= 4 is 46.2 Å². The molecule has 70 heavy (non-hydrogen) atoms. The van der Waals surface area contributed by atoms with Crippen LogP contribution in [-0.2, 0) is 26.5 Å². The van der Waals surface area contributed by atoms with Crippen LogP contribution >= 0.6 is 0 Å². The number of H-pyrrole nitrogens is 1. The number of amides is 5. The van der Waals surface area contributed by atoms with Crippen LogP contribution in [0.4, 0.5) is 25.0 Å². The number of carbonyl (C=O) groups is 4. The Balaban J connectivity index is 0.757. The van der Waals surface area contributed by atoms with Crippen LogP contribution in [0.1, 0.15) is 96.2 Å². The average Bonchev–Trinajstić information content (AvgIpc) is 3.79. The Morgan fingerprint density at radius 2 is 1.60 bits per heavy atom.